The summed E-state index contributed by atoms with van der Waals surface area (Å²) in [5.74, 6) is 1.78. The minimum atomic E-state index is -0.541. The first-order valence-corrected chi connectivity index (χ1v) is 12.4. The van der Waals surface area contributed by atoms with E-state index in [1.165, 1.54) is 5.56 Å². The third kappa shape index (κ3) is 4.68. The fraction of sp³-hybridized carbons (Fsp3) is 0.500. The highest BCUT2D eigenvalue weighted by Crippen LogP contribution is 2.48. The molecule has 0 aromatic heterocycles. The molecule has 3 aliphatic heterocycles. The normalized spacial score (nSPS) is 25.1. The number of methoxy groups -OCH3 is 1. The lowest BCUT2D eigenvalue weighted by molar-refractivity contribution is -0.0107. The van der Waals surface area contributed by atoms with Gasteiger partial charge in [0.15, 0.2) is 0 Å². The summed E-state index contributed by atoms with van der Waals surface area (Å²) in [6.45, 7) is 6.73. The summed E-state index contributed by atoms with van der Waals surface area (Å²) in [5, 5.41) is 2.85. The van der Waals surface area contributed by atoms with Crippen LogP contribution >= 0.6 is 0 Å². The Hall–Kier alpha value is -3.22. The topological polar surface area (TPSA) is 77.1 Å². The SMILES string of the molecule is COc1ccc(C2CC3CCC(C2COc2ccc4c(c2)C(=O)NC4)N3C(=O)OC(C)(C)C)cc1. The van der Waals surface area contributed by atoms with Crippen LogP contribution in [0.2, 0.25) is 0 Å². The second-order valence-corrected chi connectivity index (χ2v) is 10.8. The number of rotatable bonds is 5. The van der Waals surface area contributed by atoms with Gasteiger partial charge < -0.3 is 24.4 Å². The van der Waals surface area contributed by atoms with Crippen molar-refractivity contribution in [1.29, 1.82) is 0 Å². The molecule has 7 nitrogen and oxygen atoms in total. The summed E-state index contributed by atoms with van der Waals surface area (Å²) in [5.41, 5.74) is 2.36. The zero-order valence-electron chi connectivity index (χ0n) is 20.9. The van der Waals surface area contributed by atoms with Crippen LogP contribution in [0.15, 0.2) is 42.5 Å². The van der Waals surface area contributed by atoms with Crippen molar-refractivity contribution < 1.29 is 23.8 Å². The second kappa shape index (κ2) is 9.10. The van der Waals surface area contributed by atoms with Crippen LogP contribution in [-0.4, -0.2) is 48.3 Å². The van der Waals surface area contributed by atoms with Crippen LogP contribution in [0.25, 0.3) is 0 Å². The fourth-order valence-corrected chi connectivity index (χ4v) is 5.83. The van der Waals surface area contributed by atoms with E-state index in [-0.39, 0.29) is 35.9 Å². The lowest BCUT2D eigenvalue weighted by Gasteiger charge is -2.45. The molecule has 0 spiro atoms. The van der Waals surface area contributed by atoms with Gasteiger partial charge in [0.1, 0.15) is 17.1 Å². The van der Waals surface area contributed by atoms with Gasteiger partial charge in [0.25, 0.3) is 5.91 Å². The molecule has 4 atom stereocenters. The highest BCUT2D eigenvalue weighted by atomic mass is 16.6. The Morgan fingerprint density at radius 2 is 1.83 bits per heavy atom. The molecule has 2 aromatic carbocycles. The molecule has 2 fully saturated rings. The number of hydrogen-bond acceptors (Lipinski definition) is 5. The predicted molar refractivity (Wildman–Crippen MR) is 132 cm³/mol. The first kappa shape index (κ1) is 23.5. The first-order chi connectivity index (χ1) is 16.7. The predicted octanol–water partition coefficient (Wildman–Crippen LogP) is 4.89. The van der Waals surface area contributed by atoms with Gasteiger partial charge in [-0.3, -0.25) is 4.79 Å². The van der Waals surface area contributed by atoms with E-state index in [9.17, 15) is 9.59 Å². The van der Waals surface area contributed by atoms with Crippen LogP contribution in [-0.2, 0) is 11.3 Å². The minimum Gasteiger partial charge on any atom is -0.497 e. The molecule has 3 aliphatic rings. The largest absolute Gasteiger partial charge is 0.497 e. The van der Waals surface area contributed by atoms with Crippen molar-refractivity contribution in [1.82, 2.24) is 10.2 Å². The maximum Gasteiger partial charge on any atom is 0.410 e. The Labute approximate surface area is 206 Å². The lowest BCUT2D eigenvalue weighted by Crippen LogP contribution is -2.53. The number of nitrogens with zero attached hydrogens (tertiary/aromatic N) is 1. The van der Waals surface area contributed by atoms with Crippen LogP contribution in [0.4, 0.5) is 4.79 Å². The maximum absolute atomic E-state index is 13.2. The van der Waals surface area contributed by atoms with Gasteiger partial charge in [0, 0.05) is 30.1 Å². The van der Waals surface area contributed by atoms with E-state index in [4.69, 9.17) is 14.2 Å². The second-order valence-electron chi connectivity index (χ2n) is 10.8. The Balaban J connectivity index is 1.41. The van der Waals surface area contributed by atoms with Crippen molar-refractivity contribution in [2.75, 3.05) is 13.7 Å². The van der Waals surface area contributed by atoms with Gasteiger partial charge in [-0.1, -0.05) is 18.2 Å². The monoisotopic (exact) mass is 478 g/mol. The molecule has 2 amide bonds. The van der Waals surface area contributed by atoms with Crippen LogP contribution in [0.3, 0.4) is 0 Å². The van der Waals surface area contributed by atoms with Crippen molar-refractivity contribution in [3.63, 3.8) is 0 Å². The highest BCUT2D eigenvalue weighted by Gasteiger charge is 2.51. The molecule has 4 unspecified atom stereocenters. The zero-order chi connectivity index (χ0) is 24.7. The maximum atomic E-state index is 13.2. The molecule has 186 valence electrons. The van der Waals surface area contributed by atoms with Gasteiger partial charge in [-0.25, -0.2) is 4.79 Å². The number of carbonyl (C=O) groups is 2. The summed E-state index contributed by atoms with van der Waals surface area (Å²) in [6, 6.07) is 14.1. The molecular formula is C28H34N2O5. The average Bonchev–Trinajstić information content (AvgIpc) is 3.36. The van der Waals surface area contributed by atoms with E-state index in [0.717, 1.165) is 30.6 Å². The van der Waals surface area contributed by atoms with Crippen LogP contribution in [0.1, 0.15) is 67.4 Å². The van der Waals surface area contributed by atoms with E-state index < -0.39 is 5.60 Å². The molecule has 3 heterocycles. The molecule has 35 heavy (non-hydrogen) atoms. The van der Waals surface area contributed by atoms with Crippen LogP contribution in [0.5, 0.6) is 11.5 Å². The van der Waals surface area contributed by atoms with E-state index in [1.54, 1.807) is 7.11 Å². The van der Waals surface area contributed by atoms with Crippen LogP contribution < -0.4 is 14.8 Å². The van der Waals surface area contributed by atoms with E-state index >= 15 is 0 Å². The quantitative estimate of drug-likeness (QED) is 0.662. The number of carbonyl (C=O) groups excluding carboxylic acids is 2. The lowest BCUT2D eigenvalue weighted by atomic mass is 9.76. The number of fused-ring (bicyclic) bond motifs is 3. The Morgan fingerprint density at radius 1 is 1.09 bits per heavy atom. The van der Waals surface area contributed by atoms with Gasteiger partial charge in [-0.15, -0.1) is 0 Å². The Bertz CT molecular complexity index is 1110. The van der Waals surface area contributed by atoms with Crippen molar-refractivity contribution in [2.24, 2.45) is 5.92 Å². The number of ether oxygens (including phenoxy) is 3. The highest BCUT2D eigenvalue weighted by molar-refractivity contribution is 5.98. The number of piperidine rings is 1. The summed E-state index contributed by atoms with van der Waals surface area (Å²) < 4.78 is 17.5. The molecule has 1 N–H and O–H groups in total. The fourth-order valence-electron chi connectivity index (χ4n) is 5.83. The molecule has 7 heteroatoms. The molecule has 2 saturated heterocycles. The van der Waals surface area contributed by atoms with Gasteiger partial charge in [0.05, 0.1) is 13.7 Å². The number of nitrogens with one attached hydrogen (secondary N) is 1. The average molecular weight is 479 g/mol. The molecule has 0 saturated carbocycles. The summed E-state index contributed by atoms with van der Waals surface area (Å²) >= 11 is 0. The number of amides is 2. The molecule has 0 aliphatic carbocycles. The smallest absolute Gasteiger partial charge is 0.410 e. The van der Waals surface area contributed by atoms with Crippen molar-refractivity contribution in [3.05, 3.63) is 59.2 Å². The first-order valence-electron chi connectivity index (χ1n) is 12.4. The van der Waals surface area contributed by atoms with Gasteiger partial charge >= 0.3 is 6.09 Å². The molecule has 2 aromatic rings. The molecule has 2 bridgehead atoms. The molecule has 0 radical (unpaired) electrons. The zero-order valence-corrected chi connectivity index (χ0v) is 20.9. The van der Waals surface area contributed by atoms with E-state index in [0.29, 0.717) is 24.5 Å². The summed E-state index contributed by atoms with van der Waals surface area (Å²) in [6.07, 6.45) is 2.52. The van der Waals surface area contributed by atoms with Gasteiger partial charge in [0.2, 0.25) is 0 Å². The molecule has 5 rings (SSSR count). The molecular weight excluding hydrogens is 444 g/mol. The summed E-state index contributed by atoms with van der Waals surface area (Å²) in [7, 11) is 1.67. The van der Waals surface area contributed by atoms with Crippen molar-refractivity contribution in [2.45, 2.75) is 70.2 Å². The van der Waals surface area contributed by atoms with Gasteiger partial charge in [-0.2, -0.15) is 0 Å². The minimum absolute atomic E-state index is 0.0356. The van der Waals surface area contributed by atoms with Gasteiger partial charge in [-0.05, 0) is 81.3 Å². The van der Waals surface area contributed by atoms with Crippen LogP contribution in [0, 0.1) is 5.92 Å². The number of benzene rings is 2. The van der Waals surface area contributed by atoms with E-state index in [1.807, 2.05) is 56.0 Å². The Kier molecular flexibility index (Phi) is 6.11. The third-order valence-corrected chi connectivity index (χ3v) is 7.44. The van der Waals surface area contributed by atoms with E-state index in [2.05, 4.69) is 17.4 Å². The van der Waals surface area contributed by atoms with Crippen molar-refractivity contribution >= 4 is 12.0 Å². The van der Waals surface area contributed by atoms with Crippen molar-refractivity contribution in [3.8, 4) is 11.5 Å². The number of hydrogen-bond donors (Lipinski definition) is 1. The third-order valence-electron chi connectivity index (χ3n) is 7.44. The standard InChI is InChI=1S/C28H34N2O5/c1-28(2,3)35-27(32)30-19-8-12-25(30)24(22(13-19)17-5-9-20(33-4)10-6-17)16-34-21-11-7-18-15-29-26(31)23(18)14-21/h5-7,9-11,14,19,22,24-25H,8,12-13,15-16H2,1-4H3,(H,29,31). The Morgan fingerprint density at radius 3 is 2.54 bits per heavy atom. The summed E-state index contributed by atoms with van der Waals surface area (Å²) in [4.78, 5) is 27.3.